The predicted molar refractivity (Wildman–Crippen MR) is 77.1 cm³/mol. The molecule has 0 aliphatic rings. The SMILES string of the molecule is CSc1ccc(COC(=O)c2ccc(O)cc2O)cc1. The molecule has 2 aromatic carbocycles. The van der Waals surface area contributed by atoms with E-state index in [1.54, 1.807) is 11.8 Å². The zero-order valence-electron chi connectivity index (χ0n) is 10.9. The second-order valence-electron chi connectivity index (χ2n) is 4.13. The fraction of sp³-hybridized carbons (Fsp3) is 0.133. The van der Waals surface area contributed by atoms with Gasteiger partial charge in [0.05, 0.1) is 0 Å². The number of benzene rings is 2. The zero-order chi connectivity index (χ0) is 14.5. The molecule has 5 heteroatoms. The fourth-order valence-corrected chi connectivity index (χ4v) is 2.05. The number of carbonyl (C=O) groups is 1. The summed E-state index contributed by atoms with van der Waals surface area (Å²) in [4.78, 5) is 12.9. The molecule has 104 valence electrons. The minimum absolute atomic E-state index is 0.0310. The molecule has 2 rings (SSSR count). The van der Waals surface area contributed by atoms with Gasteiger partial charge in [-0.3, -0.25) is 0 Å². The lowest BCUT2D eigenvalue weighted by Crippen LogP contribution is -2.05. The molecule has 0 aromatic heterocycles. The van der Waals surface area contributed by atoms with Crippen molar-refractivity contribution >= 4 is 17.7 Å². The molecule has 0 saturated heterocycles. The molecule has 0 amide bonds. The van der Waals surface area contributed by atoms with Crippen molar-refractivity contribution in [2.45, 2.75) is 11.5 Å². The van der Waals surface area contributed by atoms with Gasteiger partial charge < -0.3 is 14.9 Å². The third-order valence-corrected chi connectivity index (χ3v) is 3.47. The first-order valence-electron chi connectivity index (χ1n) is 5.92. The van der Waals surface area contributed by atoms with Gasteiger partial charge in [0.2, 0.25) is 0 Å². The van der Waals surface area contributed by atoms with Gasteiger partial charge in [0.15, 0.2) is 0 Å². The maximum atomic E-state index is 11.8. The summed E-state index contributed by atoms with van der Waals surface area (Å²) in [7, 11) is 0. The second-order valence-corrected chi connectivity index (χ2v) is 5.01. The molecule has 0 bridgehead atoms. The molecule has 4 nitrogen and oxygen atoms in total. The Morgan fingerprint density at radius 2 is 1.85 bits per heavy atom. The van der Waals surface area contributed by atoms with E-state index < -0.39 is 5.97 Å². The maximum absolute atomic E-state index is 11.8. The normalized spacial score (nSPS) is 10.2. The van der Waals surface area contributed by atoms with Crippen LogP contribution >= 0.6 is 11.8 Å². The number of carbonyl (C=O) groups excluding carboxylic acids is 1. The summed E-state index contributed by atoms with van der Waals surface area (Å²) in [6.45, 7) is 0.133. The van der Waals surface area contributed by atoms with E-state index in [2.05, 4.69) is 0 Å². The topological polar surface area (TPSA) is 66.8 Å². The van der Waals surface area contributed by atoms with E-state index in [1.165, 1.54) is 12.1 Å². The number of phenolic OH excluding ortho intramolecular Hbond substituents is 2. The number of esters is 1. The van der Waals surface area contributed by atoms with Crippen molar-refractivity contribution in [2.24, 2.45) is 0 Å². The van der Waals surface area contributed by atoms with Crippen LogP contribution in [-0.4, -0.2) is 22.4 Å². The van der Waals surface area contributed by atoms with E-state index in [1.807, 2.05) is 30.5 Å². The number of phenols is 2. The first-order chi connectivity index (χ1) is 9.60. The Kier molecular flexibility index (Phi) is 4.53. The summed E-state index contributed by atoms with van der Waals surface area (Å²) in [6, 6.07) is 11.4. The highest BCUT2D eigenvalue weighted by atomic mass is 32.2. The Morgan fingerprint density at radius 3 is 2.45 bits per heavy atom. The first-order valence-corrected chi connectivity index (χ1v) is 7.14. The molecule has 20 heavy (non-hydrogen) atoms. The van der Waals surface area contributed by atoms with E-state index in [-0.39, 0.29) is 23.7 Å². The first kappa shape index (κ1) is 14.3. The average molecular weight is 290 g/mol. The monoisotopic (exact) mass is 290 g/mol. The van der Waals surface area contributed by atoms with Gasteiger partial charge in [-0.15, -0.1) is 11.8 Å². The Morgan fingerprint density at radius 1 is 1.15 bits per heavy atom. The van der Waals surface area contributed by atoms with Gasteiger partial charge in [0.25, 0.3) is 0 Å². The van der Waals surface area contributed by atoms with E-state index in [0.717, 1.165) is 16.5 Å². The summed E-state index contributed by atoms with van der Waals surface area (Å²) in [5.41, 5.74) is 0.901. The molecule has 0 atom stereocenters. The largest absolute Gasteiger partial charge is 0.508 e. The van der Waals surface area contributed by atoms with Crippen molar-refractivity contribution in [3.05, 3.63) is 53.6 Å². The standard InChI is InChI=1S/C15H14O4S/c1-20-12-5-2-10(3-6-12)9-19-15(18)13-7-4-11(16)8-14(13)17/h2-8,16-17H,9H2,1H3. The highest BCUT2D eigenvalue weighted by molar-refractivity contribution is 7.98. The van der Waals surface area contributed by atoms with Crippen LogP contribution in [0.15, 0.2) is 47.4 Å². The number of aromatic hydroxyl groups is 2. The van der Waals surface area contributed by atoms with E-state index in [0.29, 0.717) is 0 Å². The summed E-state index contributed by atoms with van der Waals surface area (Å²) >= 11 is 1.64. The van der Waals surface area contributed by atoms with Crippen molar-refractivity contribution in [2.75, 3.05) is 6.26 Å². The molecule has 0 saturated carbocycles. The number of rotatable bonds is 4. The number of thioether (sulfide) groups is 1. The van der Waals surface area contributed by atoms with Crippen molar-refractivity contribution in [3.8, 4) is 11.5 Å². The van der Waals surface area contributed by atoms with Crippen molar-refractivity contribution in [1.82, 2.24) is 0 Å². The summed E-state index contributed by atoms with van der Waals surface area (Å²) in [5, 5.41) is 18.7. The molecule has 0 unspecified atom stereocenters. The van der Waals surface area contributed by atoms with Gasteiger partial charge in [0, 0.05) is 11.0 Å². The molecule has 0 radical (unpaired) electrons. The summed E-state index contributed by atoms with van der Waals surface area (Å²) < 4.78 is 5.12. The molecule has 0 heterocycles. The van der Waals surface area contributed by atoms with E-state index in [4.69, 9.17) is 9.84 Å². The number of hydrogen-bond acceptors (Lipinski definition) is 5. The average Bonchev–Trinajstić information content (AvgIpc) is 2.45. The molecular weight excluding hydrogens is 276 g/mol. The van der Waals surface area contributed by atoms with Crippen LogP contribution in [0, 0.1) is 0 Å². The molecule has 0 aliphatic heterocycles. The molecular formula is C15H14O4S. The lowest BCUT2D eigenvalue weighted by atomic mass is 10.2. The van der Waals surface area contributed by atoms with Crippen molar-refractivity contribution in [3.63, 3.8) is 0 Å². The highest BCUT2D eigenvalue weighted by Crippen LogP contribution is 2.23. The van der Waals surface area contributed by atoms with Crippen LogP contribution in [0.25, 0.3) is 0 Å². The van der Waals surface area contributed by atoms with Crippen LogP contribution < -0.4 is 0 Å². The van der Waals surface area contributed by atoms with Gasteiger partial charge in [0.1, 0.15) is 23.7 Å². The summed E-state index contributed by atoms with van der Waals surface area (Å²) in [5.74, 6) is -1.03. The Bertz CT molecular complexity index is 608. The number of ether oxygens (including phenoxy) is 1. The van der Waals surface area contributed by atoms with Gasteiger partial charge in [-0.05, 0) is 36.1 Å². The third kappa shape index (κ3) is 3.45. The van der Waals surface area contributed by atoms with Crippen LogP contribution in [0.1, 0.15) is 15.9 Å². The quantitative estimate of drug-likeness (QED) is 0.668. The predicted octanol–water partition coefficient (Wildman–Crippen LogP) is 3.18. The van der Waals surface area contributed by atoms with Crippen molar-refractivity contribution in [1.29, 1.82) is 0 Å². The highest BCUT2D eigenvalue weighted by Gasteiger charge is 2.13. The molecule has 0 spiro atoms. The lowest BCUT2D eigenvalue weighted by molar-refractivity contribution is 0.0469. The van der Waals surface area contributed by atoms with Gasteiger partial charge >= 0.3 is 5.97 Å². The van der Waals surface area contributed by atoms with Crippen LogP contribution in [0.4, 0.5) is 0 Å². The molecule has 2 N–H and O–H groups in total. The summed E-state index contributed by atoms with van der Waals surface area (Å²) in [6.07, 6.45) is 1.99. The van der Waals surface area contributed by atoms with E-state index in [9.17, 15) is 9.90 Å². The van der Waals surface area contributed by atoms with Crippen LogP contribution in [0.2, 0.25) is 0 Å². The Hall–Kier alpha value is -2.14. The Labute approximate surface area is 121 Å². The maximum Gasteiger partial charge on any atom is 0.342 e. The fourth-order valence-electron chi connectivity index (χ4n) is 1.64. The van der Waals surface area contributed by atoms with Crippen LogP contribution in [0.3, 0.4) is 0 Å². The van der Waals surface area contributed by atoms with Gasteiger partial charge in [-0.1, -0.05) is 12.1 Å². The van der Waals surface area contributed by atoms with E-state index >= 15 is 0 Å². The third-order valence-electron chi connectivity index (χ3n) is 2.73. The smallest absolute Gasteiger partial charge is 0.342 e. The van der Waals surface area contributed by atoms with Gasteiger partial charge in [-0.2, -0.15) is 0 Å². The Balaban J connectivity index is 2.00. The second kappa shape index (κ2) is 6.34. The molecule has 0 fully saturated rings. The number of hydrogen-bond donors (Lipinski definition) is 2. The molecule has 0 aliphatic carbocycles. The van der Waals surface area contributed by atoms with Gasteiger partial charge in [-0.25, -0.2) is 4.79 Å². The minimum Gasteiger partial charge on any atom is -0.508 e. The minimum atomic E-state index is -0.628. The lowest BCUT2D eigenvalue weighted by Gasteiger charge is -2.07. The van der Waals surface area contributed by atoms with Crippen molar-refractivity contribution < 1.29 is 19.7 Å². The zero-order valence-corrected chi connectivity index (χ0v) is 11.7. The molecule has 2 aromatic rings. The van der Waals surface area contributed by atoms with Crippen LogP contribution in [0.5, 0.6) is 11.5 Å². The van der Waals surface area contributed by atoms with Crippen LogP contribution in [-0.2, 0) is 11.3 Å².